The maximum atomic E-state index is 12.0. The first-order valence-electron chi connectivity index (χ1n) is 9.02. The third kappa shape index (κ3) is 3.93. The molecule has 1 rings (SSSR count). The van der Waals surface area contributed by atoms with Gasteiger partial charge in [0.2, 0.25) is 0 Å². The summed E-state index contributed by atoms with van der Waals surface area (Å²) in [5, 5.41) is 11.2. The Morgan fingerprint density at radius 3 is 1.50 bits per heavy atom. The molecule has 136 valence electrons. The van der Waals surface area contributed by atoms with E-state index in [1.54, 1.807) is 6.92 Å². The standard InChI is InChI=1S/C21H34O3/c1-10-13-16(20(4,5)6)18(23)17(21(7,8)9)14(11-2)19(13)24-15(22)12-3/h23H,10-12H2,1-9H3. The number of esters is 1. The van der Waals surface area contributed by atoms with Gasteiger partial charge in [-0.25, -0.2) is 0 Å². The summed E-state index contributed by atoms with van der Waals surface area (Å²) in [6, 6.07) is 0. The van der Waals surface area contributed by atoms with Crippen LogP contribution in [0.3, 0.4) is 0 Å². The SMILES string of the molecule is CCC(=O)Oc1c(CC)c(C(C)(C)C)c(O)c(C(C)(C)C)c1CC. The number of ether oxygens (including phenoxy) is 1. The second kappa shape index (κ2) is 7.16. The summed E-state index contributed by atoms with van der Waals surface area (Å²) >= 11 is 0. The molecule has 1 aromatic rings. The van der Waals surface area contributed by atoms with E-state index in [4.69, 9.17) is 4.74 Å². The number of hydrogen-bond donors (Lipinski definition) is 1. The first-order chi connectivity index (χ1) is 10.9. The molecule has 0 heterocycles. The van der Waals surface area contributed by atoms with Gasteiger partial charge in [0.05, 0.1) is 0 Å². The van der Waals surface area contributed by atoms with E-state index in [0.29, 0.717) is 30.8 Å². The summed E-state index contributed by atoms with van der Waals surface area (Å²) in [6.07, 6.45) is 1.76. The highest BCUT2D eigenvalue weighted by atomic mass is 16.5. The van der Waals surface area contributed by atoms with Gasteiger partial charge in [0, 0.05) is 28.7 Å². The average Bonchev–Trinajstić information content (AvgIpc) is 2.44. The zero-order valence-electron chi connectivity index (χ0n) is 16.9. The van der Waals surface area contributed by atoms with E-state index in [1.165, 1.54) is 0 Å². The van der Waals surface area contributed by atoms with Crippen LogP contribution in [0, 0.1) is 0 Å². The lowest BCUT2D eigenvalue weighted by atomic mass is 9.74. The molecule has 1 aromatic carbocycles. The highest BCUT2D eigenvalue weighted by Gasteiger charge is 2.34. The summed E-state index contributed by atoms with van der Waals surface area (Å²) < 4.78 is 5.78. The van der Waals surface area contributed by atoms with Crippen LogP contribution in [0.25, 0.3) is 0 Å². The van der Waals surface area contributed by atoms with Crippen LogP contribution in [0.2, 0.25) is 0 Å². The molecular formula is C21H34O3. The molecule has 0 saturated carbocycles. The third-order valence-electron chi connectivity index (χ3n) is 4.34. The molecule has 24 heavy (non-hydrogen) atoms. The maximum Gasteiger partial charge on any atom is 0.310 e. The van der Waals surface area contributed by atoms with Gasteiger partial charge in [-0.05, 0) is 23.7 Å². The fourth-order valence-electron chi connectivity index (χ4n) is 3.42. The number of benzene rings is 1. The summed E-state index contributed by atoms with van der Waals surface area (Å²) in [4.78, 5) is 12.0. The number of hydrogen-bond acceptors (Lipinski definition) is 3. The molecule has 0 unspecified atom stereocenters. The Kier molecular flexibility index (Phi) is 6.13. The van der Waals surface area contributed by atoms with Gasteiger partial charge in [-0.2, -0.15) is 0 Å². The molecule has 1 N–H and O–H groups in total. The summed E-state index contributed by atoms with van der Waals surface area (Å²) in [5.74, 6) is 0.796. The molecular weight excluding hydrogens is 300 g/mol. The van der Waals surface area contributed by atoms with Crippen LogP contribution in [0.4, 0.5) is 0 Å². The van der Waals surface area contributed by atoms with Crippen molar-refractivity contribution in [3.8, 4) is 11.5 Å². The van der Waals surface area contributed by atoms with E-state index < -0.39 is 0 Å². The summed E-state index contributed by atoms with van der Waals surface area (Å²) in [7, 11) is 0. The second-order valence-electron chi connectivity index (χ2n) is 8.42. The number of aromatic hydroxyl groups is 1. The Labute approximate surface area is 147 Å². The highest BCUT2D eigenvalue weighted by Crippen LogP contribution is 2.48. The van der Waals surface area contributed by atoms with Gasteiger partial charge in [-0.15, -0.1) is 0 Å². The lowest BCUT2D eigenvalue weighted by Gasteiger charge is -2.33. The minimum Gasteiger partial charge on any atom is -0.507 e. The monoisotopic (exact) mass is 334 g/mol. The van der Waals surface area contributed by atoms with E-state index in [9.17, 15) is 9.90 Å². The smallest absolute Gasteiger partial charge is 0.310 e. The first kappa shape index (κ1) is 20.5. The molecule has 0 fully saturated rings. The fourth-order valence-corrected chi connectivity index (χ4v) is 3.42. The topological polar surface area (TPSA) is 46.5 Å². The van der Waals surface area contributed by atoms with Crippen LogP contribution in [0.5, 0.6) is 11.5 Å². The number of carbonyl (C=O) groups is 1. The number of phenolic OH excluding ortho intramolecular Hbond substituents is 1. The minimum absolute atomic E-state index is 0.232. The van der Waals surface area contributed by atoms with Crippen LogP contribution < -0.4 is 4.74 Å². The van der Waals surface area contributed by atoms with Crippen LogP contribution >= 0.6 is 0 Å². The maximum absolute atomic E-state index is 12.0. The average molecular weight is 335 g/mol. The lowest BCUT2D eigenvalue weighted by Crippen LogP contribution is -2.23. The van der Waals surface area contributed by atoms with Gasteiger partial charge in [-0.1, -0.05) is 62.3 Å². The van der Waals surface area contributed by atoms with Crippen molar-refractivity contribution in [1.29, 1.82) is 0 Å². The van der Waals surface area contributed by atoms with Crippen molar-refractivity contribution in [2.75, 3.05) is 0 Å². The Hall–Kier alpha value is -1.51. The van der Waals surface area contributed by atoms with Crippen LogP contribution in [-0.2, 0) is 28.5 Å². The predicted molar refractivity (Wildman–Crippen MR) is 100 cm³/mol. The molecule has 0 aromatic heterocycles. The first-order valence-corrected chi connectivity index (χ1v) is 9.02. The number of carbonyl (C=O) groups excluding carboxylic acids is 1. The van der Waals surface area contributed by atoms with E-state index in [-0.39, 0.29) is 16.8 Å². The minimum atomic E-state index is -0.241. The van der Waals surface area contributed by atoms with E-state index in [0.717, 1.165) is 22.3 Å². The molecule has 0 bridgehead atoms. The number of rotatable bonds is 4. The van der Waals surface area contributed by atoms with Crippen molar-refractivity contribution in [2.45, 2.75) is 92.4 Å². The summed E-state index contributed by atoms with van der Waals surface area (Å²) in [6.45, 7) is 18.4. The van der Waals surface area contributed by atoms with Crippen molar-refractivity contribution in [2.24, 2.45) is 0 Å². The Bertz CT molecular complexity index is 570. The molecule has 0 spiro atoms. The zero-order valence-corrected chi connectivity index (χ0v) is 16.9. The van der Waals surface area contributed by atoms with Crippen molar-refractivity contribution in [1.82, 2.24) is 0 Å². The van der Waals surface area contributed by atoms with Gasteiger partial charge in [0.15, 0.2) is 0 Å². The van der Waals surface area contributed by atoms with Crippen molar-refractivity contribution < 1.29 is 14.6 Å². The van der Waals surface area contributed by atoms with E-state index in [1.807, 2.05) is 13.8 Å². The van der Waals surface area contributed by atoms with Crippen molar-refractivity contribution in [3.05, 3.63) is 22.3 Å². The molecule has 0 radical (unpaired) electrons. The van der Waals surface area contributed by atoms with Crippen LogP contribution in [0.15, 0.2) is 0 Å². The van der Waals surface area contributed by atoms with Crippen LogP contribution in [-0.4, -0.2) is 11.1 Å². The predicted octanol–water partition coefficient (Wildman–Crippen LogP) is 5.43. The largest absolute Gasteiger partial charge is 0.507 e. The molecule has 3 heteroatoms. The zero-order chi connectivity index (χ0) is 18.9. The molecule has 0 saturated heterocycles. The Morgan fingerprint density at radius 2 is 1.25 bits per heavy atom. The van der Waals surface area contributed by atoms with Gasteiger partial charge in [-0.3, -0.25) is 4.79 Å². The van der Waals surface area contributed by atoms with E-state index in [2.05, 4.69) is 41.5 Å². The summed E-state index contributed by atoms with van der Waals surface area (Å²) in [5.41, 5.74) is 3.21. The van der Waals surface area contributed by atoms with Crippen molar-refractivity contribution >= 4 is 5.97 Å². The molecule has 0 amide bonds. The highest BCUT2D eigenvalue weighted by molar-refractivity contribution is 5.75. The lowest BCUT2D eigenvalue weighted by molar-refractivity contribution is -0.134. The Morgan fingerprint density at radius 1 is 0.875 bits per heavy atom. The molecule has 0 aliphatic carbocycles. The van der Waals surface area contributed by atoms with Gasteiger partial charge < -0.3 is 9.84 Å². The normalized spacial score (nSPS) is 12.4. The van der Waals surface area contributed by atoms with E-state index >= 15 is 0 Å². The van der Waals surface area contributed by atoms with Gasteiger partial charge in [0.1, 0.15) is 11.5 Å². The number of phenols is 1. The Balaban J connectivity index is 4.00. The molecule has 0 aliphatic rings. The van der Waals surface area contributed by atoms with Crippen LogP contribution in [0.1, 0.15) is 91.0 Å². The third-order valence-corrected chi connectivity index (χ3v) is 4.34. The van der Waals surface area contributed by atoms with Crippen molar-refractivity contribution in [3.63, 3.8) is 0 Å². The fraction of sp³-hybridized carbons (Fsp3) is 0.667. The quantitative estimate of drug-likeness (QED) is 0.590. The molecule has 0 aliphatic heterocycles. The molecule has 0 atom stereocenters. The molecule has 3 nitrogen and oxygen atoms in total. The second-order valence-corrected chi connectivity index (χ2v) is 8.42. The van der Waals surface area contributed by atoms with Gasteiger partial charge in [0.25, 0.3) is 0 Å². The van der Waals surface area contributed by atoms with Gasteiger partial charge >= 0.3 is 5.97 Å².